The van der Waals surface area contributed by atoms with Crippen molar-refractivity contribution in [3.05, 3.63) is 54.1 Å². The molecule has 2 heterocycles. The zero-order chi connectivity index (χ0) is 22.5. The van der Waals surface area contributed by atoms with Gasteiger partial charge < -0.3 is 15.0 Å². The van der Waals surface area contributed by atoms with Crippen molar-refractivity contribution in [3.63, 3.8) is 0 Å². The molecule has 3 atom stereocenters. The van der Waals surface area contributed by atoms with E-state index in [9.17, 15) is 4.79 Å². The number of hydrogen-bond acceptors (Lipinski definition) is 4. The number of fused-ring (bicyclic) bond motifs is 1. The van der Waals surface area contributed by atoms with Crippen molar-refractivity contribution in [1.82, 2.24) is 4.90 Å². The van der Waals surface area contributed by atoms with Crippen LogP contribution in [0.2, 0.25) is 0 Å². The van der Waals surface area contributed by atoms with Gasteiger partial charge >= 0.3 is 0 Å². The second kappa shape index (κ2) is 10.4. The average Bonchev–Trinajstić information content (AvgIpc) is 2.81. The normalized spacial score (nSPS) is 23.5. The molecule has 4 rings (SSSR count). The molecule has 0 aromatic heterocycles. The van der Waals surface area contributed by atoms with Gasteiger partial charge in [-0.25, -0.2) is 0 Å². The van der Waals surface area contributed by atoms with Gasteiger partial charge in [0.2, 0.25) is 6.10 Å². The lowest BCUT2D eigenvalue weighted by atomic mass is 9.97. The Morgan fingerprint density at radius 2 is 1.72 bits per heavy atom. The molecule has 5 nitrogen and oxygen atoms in total. The monoisotopic (exact) mass is 435 g/mol. The first-order chi connectivity index (χ1) is 15.6. The molecule has 5 heteroatoms. The quantitative estimate of drug-likeness (QED) is 0.546. The number of amides is 1. The molecule has 1 saturated heterocycles. The van der Waals surface area contributed by atoms with E-state index < -0.39 is 6.10 Å². The number of ether oxygens (including phenoxy) is 1. The summed E-state index contributed by atoms with van der Waals surface area (Å²) in [5.41, 5.74) is 2.75. The standard InChI is InChI=1S/C27H37N3O2/c1-20-11-9-12-21(2)29(20)17-7-4-8-18-30-24-15-5-6-16-25(24)32-26(27(30)31)22-13-10-14-23(19-22)28-3/h5-6,10,13-16,19-21,26,28H,4,7-9,11-12,17-18H2,1-3H3/t20-,21+,26?. The summed E-state index contributed by atoms with van der Waals surface area (Å²) in [6, 6.07) is 17.2. The first-order valence-electron chi connectivity index (χ1n) is 12.2. The molecule has 2 aromatic rings. The Bertz CT molecular complexity index is 905. The fourth-order valence-corrected chi connectivity index (χ4v) is 5.17. The van der Waals surface area contributed by atoms with Gasteiger partial charge in [-0.1, -0.05) is 37.1 Å². The van der Waals surface area contributed by atoms with E-state index in [1.807, 2.05) is 60.5 Å². The molecule has 2 aliphatic heterocycles. The number of rotatable bonds is 8. The van der Waals surface area contributed by atoms with Crippen molar-refractivity contribution in [2.45, 2.75) is 70.6 Å². The molecule has 0 saturated carbocycles. The smallest absolute Gasteiger partial charge is 0.272 e. The number of hydrogen-bond donors (Lipinski definition) is 1. The van der Waals surface area contributed by atoms with Gasteiger partial charge in [0.1, 0.15) is 5.75 Å². The van der Waals surface area contributed by atoms with E-state index in [1.54, 1.807) is 0 Å². The molecule has 0 bridgehead atoms. The van der Waals surface area contributed by atoms with Gasteiger partial charge in [0, 0.05) is 36.9 Å². The van der Waals surface area contributed by atoms with Crippen molar-refractivity contribution in [1.29, 1.82) is 0 Å². The Hall–Kier alpha value is -2.53. The van der Waals surface area contributed by atoms with E-state index in [2.05, 4.69) is 24.1 Å². The maximum absolute atomic E-state index is 13.5. The summed E-state index contributed by atoms with van der Waals surface area (Å²) in [4.78, 5) is 18.1. The predicted octanol–water partition coefficient (Wildman–Crippen LogP) is 5.63. The molecule has 1 unspecified atom stereocenters. The second-order valence-corrected chi connectivity index (χ2v) is 9.26. The van der Waals surface area contributed by atoms with Gasteiger partial charge in [-0.05, 0) is 70.3 Å². The van der Waals surface area contributed by atoms with Crippen LogP contribution in [0.3, 0.4) is 0 Å². The molecule has 0 aliphatic carbocycles. The maximum Gasteiger partial charge on any atom is 0.272 e. The third-order valence-corrected chi connectivity index (χ3v) is 7.04. The molecule has 0 spiro atoms. The lowest BCUT2D eigenvalue weighted by Gasteiger charge is -2.39. The summed E-state index contributed by atoms with van der Waals surface area (Å²) in [5, 5.41) is 3.15. The number of carbonyl (C=O) groups excluding carboxylic acids is 1. The van der Waals surface area contributed by atoms with Crippen LogP contribution >= 0.6 is 0 Å². The number of nitrogens with zero attached hydrogens (tertiary/aromatic N) is 2. The third-order valence-electron chi connectivity index (χ3n) is 7.04. The lowest BCUT2D eigenvalue weighted by Crippen LogP contribution is -2.44. The maximum atomic E-state index is 13.5. The van der Waals surface area contributed by atoms with E-state index in [1.165, 1.54) is 25.7 Å². The number of anilines is 2. The Kier molecular flexibility index (Phi) is 7.36. The summed E-state index contributed by atoms with van der Waals surface area (Å²) in [6.45, 7) is 6.62. The van der Waals surface area contributed by atoms with Crippen LogP contribution in [0.15, 0.2) is 48.5 Å². The Labute approximate surface area is 192 Å². The van der Waals surface area contributed by atoms with Crippen LogP contribution in [0, 0.1) is 0 Å². The number of para-hydroxylation sites is 2. The minimum absolute atomic E-state index is 0.0234. The molecular formula is C27H37N3O2. The number of carbonyl (C=O) groups is 1. The Morgan fingerprint density at radius 1 is 0.969 bits per heavy atom. The number of benzene rings is 2. The summed E-state index contributed by atoms with van der Waals surface area (Å²) in [5.74, 6) is 0.804. The van der Waals surface area contributed by atoms with E-state index in [-0.39, 0.29) is 5.91 Å². The zero-order valence-electron chi connectivity index (χ0n) is 19.7. The van der Waals surface area contributed by atoms with Crippen molar-refractivity contribution in [3.8, 4) is 5.75 Å². The highest BCUT2D eigenvalue weighted by atomic mass is 16.5. The van der Waals surface area contributed by atoms with Gasteiger partial charge in [0.25, 0.3) is 5.91 Å². The number of likely N-dealkylation sites (tertiary alicyclic amines) is 1. The Balaban J connectivity index is 1.40. The average molecular weight is 436 g/mol. The summed E-state index contributed by atoms with van der Waals surface area (Å²) >= 11 is 0. The van der Waals surface area contributed by atoms with Crippen molar-refractivity contribution in [2.24, 2.45) is 0 Å². The van der Waals surface area contributed by atoms with Crippen molar-refractivity contribution < 1.29 is 9.53 Å². The van der Waals surface area contributed by atoms with Crippen LogP contribution in [-0.2, 0) is 4.79 Å². The first-order valence-corrected chi connectivity index (χ1v) is 12.2. The molecule has 0 radical (unpaired) electrons. The van der Waals surface area contributed by atoms with Gasteiger partial charge in [-0.15, -0.1) is 0 Å². The van der Waals surface area contributed by atoms with E-state index in [0.29, 0.717) is 12.1 Å². The van der Waals surface area contributed by atoms with E-state index >= 15 is 0 Å². The molecule has 32 heavy (non-hydrogen) atoms. The summed E-state index contributed by atoms with van der Waals surface area (Å²) in [6.07, 6.45) is 6.70. The topological polar surface area (TPSA) is 44.8 Å². The zero-order valence-corrected chi connectivity index (χ0v) is 19.7. The summed E-state index contributed by atoms with van der Waals surface area (Å²) in [7, 11) is 1.88. The van der Waals surface area contributed by atoms with Gasteiger partial charge in [-0.3, -0.25) is 9.69 Å². The molecule has 1 N–H and O–H groups in total. The van der Waals surface area contributed by atoms with Crippen LogP contribution in [-0.4, -0.2) is 43.0 Å². The van der Waals surface area contributed by atoms with Crippen LogP contribution < -0.4 is 15.0 Å². The van der Waals surface area contributed by atoms with Gasteiger partial charge in [0.15, 0.2) is 0 Å². The first kappa shape index (κ1) is 22.7. The van der Waals surface area contributed by atoms with Crippen molar-refractivity contribution >= 4 is 17.3 Å². The SMILES string of the molecule is CNc1cccc(C2Oc3ccccc3N(CCCCCN3[C@H](C)CCC[C@@H]3C)C2=O)c1. The number of nitrogens with one attached hydrogen (secondary N) is 1. The molecular weight excluding hydrogens is 398 g/mol. The largest absolute Gasteiger partial charge is 0.474 e. The number of piperidine rings is 1. The molecule has 2 aromatic carbocycles. The van der Waals surface area contributed by atoms with E-state index in [4.69, 9.17) is 4.74 Å². The molecule has 2 aliphatic rings. The highest BCUT2D eigenvalue weighted by Crippen LogP contribution is 2.39. The minimum Gasteiger partial charge on any atom is -0.474 e. The third kappa shape index (κ3) is 4.93. The van der Waals surface area contributed by atoms with Gasteiger partial charge in [0.05, 0.1) is 5.69 Å². The predicted molar refractivity (Wildman–Crippen MR) is 131 cm³/mol. The minimum atomic E-state index is -0.603. The van der Waals surface area contributed by atoms with Crippen LogP contribution in [0.1, 0.15) is 64.0 Å². The van der Waals surface area contributed by atoms with Crippen LogP contribution in [0.25, 0.3) is 0 Å². The fourth-order valence-electron chi connectivity index (χ4n) is 5.17. The highest BCUT2D eigenvalue weighted by Gasteiger charge is 2.35. The van der Waals surface area contributed by atoms with Crippen molar-refractivity contribution in [2.75, 3.05) is 30.4 Å². The highest BCUT2D eigenvalue weighted by molar-refractivity contribution is 6.00. The molecule has 1 amide bonds. The lowest BCUT2D eigenvalue weighted by molar-refractivity contribution is -0.126. The molecule has 1 fully saturated rings. The van der Waals surface area contributed by atoms with Crippen LogP contribution in [0.4, 0.5) is 11.4 Å². The van der Waals surface area contributed by atoms with Crippen LogP contribution in [0.5, 0.6) is 5.75 Å². The number of unbranched alkanes of at least 4 members (excludes halogenated alkanes) is 2. The van der Waals surface area contributed by atoms with E-state index in [0.717, 1.165) is 48.6 Å². The van der Waals surface area contributed by atoms with Gasteiger partial charge in [-0.2, -0.15) is 0 Å². The molecule has 172 valence electrons. The second-order valence-electron chi connectivity index (χ2n) is 9.26. The fraction of sp³-hybridized carbons (Fsp3) is 0.519. The Morgan fingerprint density at radius 3 is 2.50 bits per heavy atom. The summed E-state index contributed by atoms with van der Waals surface area (Å²) < 4.78 is 6.16.